The van der Waals surface area contributed by atoms with Crippen molar-refractivity contribution in [2.75, 3.05) is 13.2 Å². The van der Waals surface area contributed by atoms with Crippen LogP contribution in [0.3, 0.4) is 0 Å². The molecule has 6 heteroatoms. The average molecular weight is 504 g/mol. The second-order valence-electron chi connectivity index (χ2n) is 9.15. The first kappa shape index (κ1) is 25.8. The van der Waals surface area contributed by atoms with Gasteiger partial charge in [0.25, 0.3) is 0 Å². The molecule has 3 aromatic carbocycles. The number of aromatic nitrogens is 2. The number of carbonyl (C=O) groups excluding carboxylic acids is 1. The fraction of sp³-hybridized carbons (Fsp3) is 0.333. The summed E-state index contributed by atoms with van der Waals surface area (Å²) in [6, 6.07) is 23.9. The number of nitrogens with zero attached hydrogens (tertiary/aromatic N) is 2. The normalized spacial score (nSPS) is 11.1. The van der Waals surface area contributed by atoms with Crippen LogP contribution in [0.1, 0.15) is 42.6 Å². The van der Waals surface area contributed by atoms with Crippen LogP contribution >= 0.6 is 11.6 Å². The summed E-state index contributed by atoms with van der Waals surface area (Å²) in [4.78, 5) is 17.1. The summed E-state index contributed by atoms with van der Waals surface area (Å²) in [7, 11) is 0. The molecule has 0 saturated carbocycles. The fourth-order valence-corrected chi connectivity index (χ4v) is 4.47. The van der Waals surface area contributed by atoms with Crippen LogP contribution in [0.2, 0.25) is 5.02 Å². The van der Waals surface area contributed by atoms with Gasteiger partial charge in [0, 0.05) is 24.5 Å². The van der Waals surface area contributed by atoms with Crippen molar-refractivity contribution in [3.05, 3.63) is 94.8 Å². The van der Waals surface area contributed by atoms with Crippen molar-refractivity contribution in [1.82, 2.24) is 14.9 Å². The van der Waals surface area contributed by atoms with E-state index in [0.717, 1.165) is 61.3 Å². The lowest BCUT2D eigenvalue weighted by Crippen LogP contribution is -2.26. The smallest absolute Gasteiger partial charge is 0.224 e. The molecule has 188 valence electrons. The molecule has 0 atom stereocenters. The van der Waals surface area contributed by atoms with Crippen molar-refractivity contribution in [1.29, 1.82) is 0 Å². The van der Waals surface area contributed by atoms with Crippen molar-refractivity contribution >= 4 is 28.5 Å². The minimum absolute atomic E-state index is 0.0481. The minimum atomic E-state index is 0.0481. The van der Waals surface area contributed by atoms with Crippen molar-refractivity contribution in [3.8, 4) is 5.75 Å². The number of unbranched alkanes of at least 4 members (excludes halogenated alkanes) is 2. The third-order valence-corrected chi connectivity index (χ3v) is 6.45. The Labute approximate surface area is 218 Å². The number of hydrogen-bond donors (Lipinski definition) is 1. The quantitative estimate of drug-likeness (QED) is 0.211. The molecule has 0 spiro atoms. The van der Waals surface area contributed by atoms with Gasteiger partial charge < -0.3 is 14.6 Å². The Morgan fingerprint density at radius 3 is 2.64 bits per heavy atom. The number of rotatable bonds is 13. The molecule has 0 aliphatic heterocycles. The Hall–Kier alpha value is -3.31. The van der Waals surface area contributed by atoms with Crippen LogP contribution in [-0.2, 0) is 24.2 Å². The molecule has 4 rings (SSSR count). The first-order valence-electron chi connectivity index (χ1n) is 12.7. The monoisotopic (exact) mass is 503 g/mol. The zero-order chi connectivity index (χ0) is 25.2. The van der Waals surface area contributed by atoms with Gasteiger partial charge in [0.2, 0.25) is 5.91 Å². The summed E-state index contributed by atoms with van der Waals surface area (Å²) in [6.07, 6.45) is 5.26. The predicted molar refractivity (Wildman–Crippen MR) is 147 cm³/mol. The van der Waals surface area contributed by atoms with E-state index in [-0.39, 0.29) is 5.91 Å². The van der Waals surface area contributed by atoms with Crippen LogP contribution in [0.25, 0.3) is 11.0 Å². The van der Waals surface area contributed by atoms with E-state index in [4.69, 9.17) is 21.3 Å². The SMILES string of the molecule is Cc1cccc(OCCCn2c(CCCCCNC(=O)Cc3ccc(Cl)cc3)nc3ccccc32)c1. The minimum Gasteiger partial charge on any atom is -0.494 e. The Kier molecular flexibility index (Phi) is 9.40. The third kappa shape index (κ3) is 7.59. The molecular weight excluding hydrogens is 470 g/mol. The topological polar surface area (TPSA) is 56.1 Å². The van der Waals surface area contributed by atoms with Gasteiger partial charge in [-0.25, -0.2) is 4.98 Å². The Morgan fingerprint density at radius 1 is 0.972 bits per heavy atom. The summed E-state index contributed by atoms with van der Waals surface area (Å²) < 4.78 is 8.29. The van der Waals surface area contributed by atoms with Gasteiger partial charge in [-0.3, -0.25) is 4.79 Å². The van der Waals surface area contributed by atoms with Crippen LogP contribution in [0.5, 0.6) is 5.75 Å². The van der Waals surface area contributed by atoms with Gasteiger partial charge in [-0.2, -0.15) is 0 Å². The van der Waals surface area contributed by atoms with E-state index in [1.165, 1.54) is 11.1 Å². The van der Waals surface area contributed by atoms with E-state index in [9.17, 15) is 4.79 Å². The number of hydrogen-bond acceptors (Lipinski definition) is 3. The highest BCUT2D eigenvalue weighted by Crippen LogP contribution is 2.19. The van der Waals surface area contributed by atoms with E-state index in [2.05, 4.69) is 47.1 Å². The molecule has 5 nitrogen and oxygen atoms in total. The Morgan fingerprint density at radius 2 is 1.81 bits per heavy atom. The standard InChI is InChI=1S/C30H34ClN3O2/c1-23-9-7-10-26(21-23)36-20-8-19-34-28-12-5-4-11-27(28)33-29(34)13-3-2-6-18-32-30(35)22-24-14-16-25(31)17-15-24/h4-5,7,9-12,14-17,21H,2-3,6,8,13,18-20,22H2,1H3,(H,32,35). The molecule has 36 heavy (non-hydrogen) atoms. The second kappa shape index (κ2) is 13.1. The summed E-state index contributed by atoms with van der Waals surface area (Å²) in [5.74, 6) is 2.09. The van der Waals surface area contributed by atoms with Gasteiger partial charge in [-0.1, -0.05) is 54.4 Å². The predicted octanol–water partition coefficient (Wildman–Crippen LogP) is 6.54. The zero-order valence-corrected chi connectivity index (χ0v) is 21.6. The van der Waals surface area contributed by atoms with Crippen molar-refractivity contribution in [2.45, 2.75) is 52.0 Å². The van der Waals surface area contributed by atoms with Crippen LogP contribution in [0.4, 0.5) is 0 Å². The van der Waals surface area contributed by atoms with Crippen LogP contribution < -0.4 is 10.1 Å². The molecule has 1 heterocycles. The summed E-state index contributed by atoms with van der Waals surface area (Å²) >= 11 is 5.90. The highest BCUT2D eigenvalue weighted by Gasteiger charge is 2.10. The molecule has 1 amide bonds. The van der Waals surface area contributed by atoms with Crippen molar-refractivity contribution in [3.63, 3.8) is 0 Å². The molecule has 4 aromatic rings. The first-order chi connectivity index (χ1) is 17.6. The molecule has 1 aromatic heterocycles. The number of para-hydroxylation sites is 2. The molecule has 0 radical (unpaired) electrons. The largest absolute Gasteiger partial charge is 0.494 e. The lowest BCUT2D eigenvalue weighted by Gasteiger charge is -2.11. The maximum Gasteiger partial charge on any atom is 0.224 e. The Bertz CT molecular complexity index is 1270. The number of nitrogens with one attached hydrogen (secondary N) is 1. The number of imidazole rings is 1. The van der Waals surface area contributed by atoms with E-state index >= 15 is 0 Å². The number of halogens is 1. The fourth-order valence-electron chi connectivity index (χ4n) is 4.35. The van der Waals surface area contributed by atoms with Crippen molar-refractivity contribution in [2.24, 2.45) is 0 Å². The highest BCUT2D eigenvalue weighted by atomic mass is 35.5. The molecule has 0 fully saturated rings. The number of amides is 1. The zero-order valence-electron chi connectivity index (χ0n) is 20.9. The van der Waals surface area contributed by atoms with Gasteiger partial charge in [-0.15, -0.1) is 0 Å². The lowest BCUT2D eigenvalue weighted by atomic mass is 10.1. The maximum absolute atomic E-state index is 12.2. The molecule has 0 unspecified atom stereocenters. The number of ether oxygens (including phenoxy) is 1. The van der Waals surface area contributed by atoms with Crippen LogP contribution in [0, 0.1) is 6.92 Å². The summed E-state index contributed by atoms with van der Waals surface area (Å²) in [6.45, 7) is 4.32. The third-order valence-electron chi connectivity index (χ3n) is 6.20. The van der Waals surface area contributed by atoms with E-state index in [1.807, 2.05) is 42.5 Å². The number of carbonyl (C=O) groups is 1. The summed E-state index contributed by atoms with van der Waals surface area (Å²) in [5.41, 5.74) is 4.40. The van der Waals surface area contributed by atoms with E-state index < -0.39 is 0 Å². The Balaban J connectivity index is 1.21. The molecule has 0 aliphatic carbocycles. The summed E-state index contributed by atoms with van der Waals surface area (Å²) in [5, 5.41) is 3.71. The van der Waals surface area contributed by atoms with Crippen LogP contribution in [-0.4, -0.2) is 28.6 Å². The molecule has 0 bridgehead atoms. The average Bonchev–Trinajstić information content (AvgIpc) is 3.22. The second-order valence-corrected chi connectivity index (χ2v) is 9.59. The highest BCUT2D eigenvalue weighted by molar-refractivity contribution is 6.30. The first-order valence-corrected chi connectivity index (χ1v) is 13.1. The van der Waals surface area contributed by atoms with Crippen LogP contribution in [0.15, 0.2) is 72.8 Å². The molecule has 0 aliphatic rings. The van der Waals surface area contributed by atoms with Gasteiger partial charge in [0.1, 0.15) is 11.6 Å². The van der Waals surface area contributed by atoms with E-state index in [0.29, 0.717) is 24.6 Å². The van der Waals surface area contributed by atoms with Crippen molar-refractivity contribution < 1.29 is 9.53 Å². The molecule has 1 N–H and O–H groups in total. The van der Waals surface area contributed by atoms with Gasteiger partial charge >= 0.3 is 0 Å². The number of aryl methyl sites for hydroxylation is 3. The van der Waals surface area contributed by atoms with E-state index in [1.54, 1.807) is 0 Å². The van der Waals surface area contributed by atoms with Gasteiger partial charge in [-0.05, 0) is 73.7 Å². The lowest BCUT2D eigenvalue weighted by molar-refractivity contribution is -0.120. The maximum atomic E-state index is 12.2. The number of fused-ring (bicyclic) bond motifs is 1. The molecule has 0 saturated heterocycles. The number of benzene rings is 3. The van der Waals surface area contributed by atoms with Gasteiger partial charge in [0.15, 0.2) is 0 Å². The van der Waals surface area contributed by atoms with Gasteiger partial charge in [0.05, 0.1) is 24.1 Å². The molecular formula is C30H34ClN3O2.